The van der Waals surface area contributed by atoms with Gasteiger partial charge in [-0.3, -0.25) is 0 Å². The SMILES string of the molecule is CC(C)Cc1nnc(-c2cc3c(OCC(O)CN4CCC(c5ccc(Cl)c(Cl)c5)CC4)cccc3o2)o1. The number of fused-ring (bicyclic) bond motifs is 1. The lowest BCUT2D eigenvalue weighted by atomic mass is 9.89. The van der Waals surface area contributed by atoms with E-state index in [9.17, 15) is 5.11 Å². The average Bonchev–Trinajstić information content (AvgIpc) is 3.52. The zero-order chi connectivity index (χ0) is 25.9. The number of rotatable bonds is 9. The van der Waals surface area contributed by atoms with Crippen LogP contribution in [0.1, 0.15) is 44.1 Å². The van der Waals surface area contributed by atoms with E-state index in [0.717, 1.165) is 31.3 Å². The maximum atomic E-state index is 10.7. The number of benzene rings is 2. The molecule has 1 fully saturated rings. The molecule has 2 aromatic carbocycles. The summed E-state index contributed by atoms with van der Waals surface area (Å²) >= 11 is 12.3. The van der Waals surface area contributed by atoms with Gasteiger partial charge >= 0.3 is 0 Å². The topological polar surface area (TPSA) is 84.8 Å². The van der Waals surface area contributed by atoms with E-state index in [1.165, 1.54) is 5.56 Å². The average molecular weight is 544 g/mol. The molecule has 7 nitrogen and oxygen atoms in total. The number of aromatic nitrogens is 2. The van der Waals surface area contributed by atoms with Crippen molar-refractivity contribution in [3.8, 4) is 17.4 Å². The van der Waals surface area contributed by atoms with E-state index in [1.54, 1.807) is 0 Å². The summed E-state index contributed by atoms with van der Waals surface area (Å²) in [6.45, 7) is 6.76. The van der Waals surface area contributed by atoms with Crippen molar-refractivity contribution in [2.24, 2.45) is 5.92 Å². The fourth-order valence-electron chi connectivity index (χ4n) is 4.80. The molecule has 0 bridgehead atoms. The first-order valence-corrected chi connectivity index (χ1v) is 13.4. The van der Waals surface area contributed by atoms with Crippen molar-refractivity contribution in [1.82, 2.24) is 15.1 Å². The summed E-state index contributed by atoms with van der Waals surface area (Å²) in [5.41, 5.74) is 1.89. The number of piperidine rings is 1. The Balaban J connectivity index is 1.16. The number of hydrogen-bond donors (Lipinski definition) is 1. The van der Waals surface area contributed by atoms with Gasteiger partial charge in [-0.1, -0.05) is 49.2 Å². The number of ether oxygens (including phenoxy) is 1. The van der Waals surface area contributed by atoms with Crippen molar-refractivity contribution in [2.45, 2.75) is 45.1 Å². The van der Waals surface area contributed by atoms with Gasteiger partial charge in [-0.2, -0.15) is 0 Å². The highest BCUT2D eigenvalue weighted by molar-refractivity contribution is 6.42. The van der Waals surface area contributed by atoms with Crippen LogP contribution in [0.5, 0.6) is 5.75 Å². The Morgan fingerprint density at radius 3 is 2.62 bits per heavy atom. The number of likely N-dealkylation sites (tertiary alicyclic amines) is 1. The van der Waals surface area contributed by atoms with Crippen molar-refractivity contribution >= 4 is 34.2 Å². The lowest BCUT2D eigenvalue weighted by molar-refractivity contribution is 0.0599. The fourth-order valence-corrected chi connectivity index (χ4v) is 5.11. The molecule has 4 aromatic rings. The maximum absolute atomic E-state index is 10.7. The predicted octanol–water partition coefficient (Wildman–Crippen LogP) is 6.61. The normalized spacial score (nSPS) is 16.1. The standard InChI is InChI=1S/C28H31Cl2N3O4/c1-17(2)12-27-31-32-28(37-27)26-14-21-24(4-3-5-25(21)36-26)35-16-20(34)15-33-10-8-18(9-11-33)19-6-7-22(29)23(30)13-19/h3-7,13-14,17-18,20,34H,8-12,15-16H2,1-2H3. The van der Waals surface area contributed by atoms with Gasteiger partial charge in [-0.25, -0.2) is 0 Å². The molecule has 1 unspecified atom stereocenters. The Morgan fingerprint density at radius 2 is 1.86 bits per heavy atom. The molecule has 1 atom stereocenters. The molecule has 1 saturated heterocycles. The van der Waals surface area contributed by atoms with Crippen molar-refractivity contribution in [3.63, 3.8) is 0 Å². The molecule has 0 radical (unpaired) electrons. The molecule has 2 aromatic heterocycles. The molecule has 1 N–H and O–H groups in total. The molecule has 3 heterocycles. The number of aliphatic hydroxyl groups is 1. The highest BCUT2D eigenvalue weighted by Gasteiger charge is 2.23. The lowest BCUT2D eigenvalue weighted by Gasteiger charge is -2.33. The highest BCUT2D eigenvalue weighted by atomic mass is 35.5. The largest absolute Gasteiger partial charge is 0.490 e. The van der Waals surface area contributed by atoms with E-state index in [4.69, 9.17) is 36.8 Å². The molecule has 9 heteroatoms. The third-order valence-corrected chi connectivity index (χ3v) is 7.42. The summed E-state index contributed by atoms with van der Waals surface area (Å²) < 4.78 is 17.7. The minimum Gasteiger partial charge on any atom is -0.490 e. The Bertz CT molecular complexity index is 1340. The van der Waals surface area contributed by atoms with E-state index < -0.39 is 6.10 Å². The quantitative estimate of drug-likeness (QED) is 0.254. The predicted molar refractivity (Wildman–Crippen MR) is 144 cm³/mol. The second-order valence-corrected chi connectivity index (χ2v) is 10.9. The Labute approximate surface area is 226 Å². The van der Waals surface area contributed by atoms with Crippen LogP contribution < -0.4 is 4.74 Å². The van der Waals surface area contributed by atoms with Crippen LogP contribution in [0.4, 0.5) is 0 Å². The Kier molecular flexibility index (Phi) is 8.05. The summed E-state index contributed by atoms with van der Waals surface area (Å²) in [7, 11) is 0. The van der Waals surface area contributed by atoms with Crippen LogP contribution in [0.15, 0.2) is 51.3 Å². The maximum Gasteiger partial charge on any atom is 0.283 e. The van der Waals surface area contributed by atoms with Crippen LogP contribution in [-0.2, 0) is 6.42 Å². The molecule has 0 aliphatic carbocycles. The molecule has 196 valence electrons. The minimum atomic E-state index is -0.613. The van der Waals surface area contributed by atoms with Crippen molar-refractivity contribution in [1.29, 1.82) is 0 Å². The molecule has 0 amide bonds. The monoisotopic (exact) mass is 543 g/mol. The van der Waals surface area contributed by atoms with Crippen LogP contribution in [0, 0.1) is 5.92 Å². The van der Waals surface area contributed by atoms with Gasteiger partial charge < -0.3 is 23.6 Å². The molecular formula is C28H31Cl2N3O4. The van der Waals surface area contributed by atoms with E-state index in [-0.39, 0.29) is 6.61 Å². The third-order valence-electron chi connectivity index (χ3n) is 6.68. The van der Waals surface area contributed by atoms with E-state index in [2.05, 4.69) is 35.0 Å². The van der Waals surface area contributed by atoms with Crippen LogP contribution in [0.3, 0.4) is 0 Å². The van der Waals surface area contributed by atoms with Gasteiger partial charge in [-0.15, -0.1) is 10.2 Å². The van der Waals surface area contributed by atoms with Gasteiger partial charge in [0.05, 0.1) is 15.4 Å². The van der Waals surface area contributed by atoms with E-state index in [0.29, 0.717) is 63.7 Å². The van der Waals surface area contributed by atoms with Crippen molar-refractivity contribution < 1.29 is 18.7 Å². The smallest absolute Gasteiger partial charge is 0.283 e. The van der Waals surface area contributed by atoms with Crippen LogP contribution in [-0.4, -0.2) is 52.5 Å². The summed E-state index contributed by atoms with van der Waals surface area (Å²) in [6.07, 6.45) is 2.12. The van der Waals surface area contributed by atoms with Gasteiger partial charge in [0.15, 0.2) is 5.76 Å². The zero-order valence-electron chi connectivity index (χ0n) is 21.0. The molecule has 0 spiro atoms. The van der Waals surface area contributed by atoms with Crippen LogP contribution >= 0.6 is 23.2 Å². The van der Waals surface area contributed by atoms with Gasteiger partial charge in [0.25, 0.3) is 5.89 Å². The van der Waals surface area contributed by atoms with Gasteiger partial charge in [0.1, 0.15) is 24.0 Å². The summed E-state index contributed by atoms with van der Waals surface area (Å²) in [6, 6.07) is 13.3. The van der Waals surface area contributed by atoms with Gasteiger partial charge in [0.2, 0.25) is 5.89 Å². The first kappa shape index (κ1) is 26.0. The molecular weight excluding hydrogens is 513 g/mol. The number of aliphatic hydroxyl groups excluding tert-OH is 1. The second-order valence-electron chi connectivity index (χ2n) is 10.1. The number of halogens is 2. The molecule has 37 heavy (non-hydrogen) atoms. The number of β-amino-alcohol motifs (C(OH)–C–C–N with tert-alkyl or cyclic N) is 1. The van der Waals surface area contributed by atoms with Gasteiger partial charge in [0, 0.05) is 19.0 Å². The fraction of sp³-hybridized carbons (Fsp3) is 0.429. The highest BCUT2D eigenvalue weighted by Crippen LogP contribution is 2.34. The minimum absolute atomic E-state index is 0.186. The first-order chi connectivity index (χ1) is 17.9. The Morgan fingerprint density at radius 1 is 1.05 bits per heavy atom. The van der Waals surface area contributed by atoms with E-state index in [1.807, 2.05) is 36.4 Å². The first-order valence-electron chi connectivity index (χ1n) is 12.7. The summed E-state index contributed by atoms with van der Waals surface area (Å²) in [5, 5.41) is 20.9. The van der Waals surface area contributed by atoms with Crippen molar-refractivity contribution in [3.05, 3.63) is 64.0 Å². The number of hydrogen-bond acceptors (Lipinski definition) is 7. The molecule has 0 saturated carbocycles. The zero-order valence-corrected chi connectivity index (χ0v) is 22.5. The van der Waals surface area contributed by atoms with Crippen molar-refractivity contribution in [2.75, 3.05) is 26.2 Å². The van der Waals surface area contributed by atoms with Gasteiger partial charge in [-0.05, 0) is 67.6 Å². The summed E-state index contributed by atoms with van der Waals surface area (Å²) in [4.78, 5) is 2.28. The summed E-state index contributed by atoms with van der Waals surface area (Å²) in [5.74, 6) is 2.95. The lowest BCUT2D eigenvalue weighted by Crippen LogP contribution is -2.40. The molecule has 5 rings (SSSR count). The molecule has 1 aliphatic heterocycles. The number of furan rings is 1. The van der Waals surface area contributed by atoms with Crippen LogP contribution in [0.25, 0.3) is 22.6 Å². The van der Waals surface area contributed by atoms with E-state index >= 15 is 0 Å². The third kappa shape index (κ3) is 6.29. The molecule has 1 aliphatic rings. The van der Waals surface area contributed by atoms with Crippen LogP contribution in [0.2, 0.25) is 10.0 Å². The number of nitrogens with zero attached hydrogens (tertiary/aromatic N) is 3. The Hall–Kier alpha value is -2.58. The second kappa shape index (κ2) is 11.4.